The smallest absolute Gasteiger partial charge is 0.294 e. The van der Waals surface area contributed by atoms with Gasteiger partial charge in [0.05, 0.1) is 23.0 Å². The van der Waals surface area contributed by atoms with E-state index in [1.807, 2.05) is 0 Å². The molecule has 0 fully saturated rings. The van der Waals surface area contributed by atoms with Gasteiger partial charge in [-0.05, 0) is 47.7 Å². The molecule has 0 spiro atoms. The Morgan fingerprint density at radius 1 is 1.23 bits per heavy atom. The third kappa shape index (κ3) is 5.35. The average molecular weight is 502 g/mol. The second kappa shape index (κ2) is 9.40. The van der Waals surface area contributed by atoms with E-state index >= 15 is 0 Å². The van der Waals surface area contributed by atoms with Gasteiger partial charge < -0.3 is 14.6 Å². The minimum Gasteiger partial charge on any atom is -0.508 e. The van der Waals surface area contributed by atoms with Crippen LogP contribution in [-0.2, 0) is 26.0 Å². The summed E-state index contributed by atoms with van der Waals surface area (Å²) in [6.45, 7) is 0.722. The number of aromatic hydroxyl groups is 1. The predicted octanol–water partition coefficient (Wildman–Crippen LogP) is 3.70. The number of halogens is 1. The summed E-state index contributed by atoms with van der Waals surface area (Å²) in [5.74, 6) is 0.156. The van der Waals surface area contributed by atoms with Crippen LogP contribution in [0.15, 0.2) is 41.3 Å². The van der Waals surface area contributed by atoms with E-state index in [9.17, 15) is 28.2 Å². The lowest BCUT2D eigenvalue weighted by Crippen LogP contribution is -2.14. The predicted molar refractivity (Wildman–Crippen MR) is 111 cm³/mol. The van der Waals surface area contributed by atoms with Crippen molar-refractivity contribution in [2.45, 2.75) is 28.7 Å². The summed E-state index contributed by atoms with van der Waals surface area (Å²) in [5, 5.41) is 20.7. The molecule has 162 valence electrons. The highest BCUT2D eigenvalue weighted by atomic mass is 79.9. The van der Waals surface area contributed by atoms with E-state index in [1.54, 1.807) is 18.2 Å². The van der Waals surface area contributed by atoms with Crippen molar-refractivity contribution in [1.82, 2.24) is 0 Å². The molecule has 0 amide bonds. The number of non-ortho nitro benzene ring substituents is 1. The third-order valence-electron chi connectivity index (χ3n) is 4.76. The van der Waals surface area contributed by atoms with Crippen molar-refractivity contribution in [3.05, 3.63) is 63.2 Å². The molecular weight excluding hydrogens is 482 g/mol. The van der Waals surface area contributed by atoms with E-state index in [0.717, 1.165) is 35.7 Å². The molecule has 0 bridgehead atoms. The zero-order chi connectivity index (χ0) is 21.9. The van der Waals surface area contributed by atoms with Gasteiger partial charge in [0.15, 0.2) is 0 Å². The van der Waals surface area contributed by atoms with Crippen molar-refractivity contribution < 1.29 is 32.5 Å². The van der Waals surface area contributed by atoms with E-state index < -0.39 is 15.0 Å². The normalized spacial score (nSPS) is 19.1. The largest absolute Gasteiger partial charge is 0.508 e. The molecule has 2 N–H and O–H groups in total. The molecule has 2 aromatic carbocycles. The summed E-state index contributed by atoms with van der Waals surface area (Å²) in [4.78, 5) is 9.99. The number of hydrogen-bond donors (Lipinski definition) is 2. The summed E-state index contributed by atoms with van der Waals surface area (Å²) < 4.78 is 44.0. The minimum absolute atomic E-state index is 0.0341. The molecule has 1 heterocycles. The Kier molecular flexibility index (Phi) is 7.09. The SMILES string of the molecule is O=[N+]([O-])c1ccc(S(=O)(=O)O)c(CCOCC2OCCC(Br)c3cc(O)ccc32)c1. The second-order valence-corrected chi connectivity index (χ2v) is 9.27. The fourth-order valence-electron chi connectivity index (χ4n) is 3.32. The molecule has 3 rings (SSSR count). The van der Waals surface area contributed by atoms with E-state index in [2.05, 4.69) is 15.9 Å². The van der Waals surface area contributed by atoms with Crippen LogP contribution in [0.5, 0.6) is 5.75 Å². The Morgan fingerprint density at radius 2 is 2.00 bits per heavy atom. The maximum atomic E-state index is 11.5. The Balaban J connectivity index is 1.70. The Hall–Kier alpha value is -2.05. The Bertz CT molecular complexity index is 1040. The number of nitro groups is 1. The number of nitrogens with zero attached hydrogens (tertiary/aromatic N) is 1. The number of benzene rings is 2. The van der Waals surface area contributed by atoms with Gasteiger partial charge in [-0.2, -0.15) is 8.42 Å². The molecular formula is C19H20BrNO8S. The number of phenols is 1. The van der Waals surface area contributed by atoms with E-state index in [-0.39, 0.29) is 52.5 Å². The monoisotopic (exact) mass is 501 g/mol. The van der Waals surface area contributed by atoms with Crippen LogP contribution >= 0.6 is 15.9 Å². The maximum absolute atomic E-state index is 11.5. The first-order valence-corrected chi connectivity index (χ1v) is 11.4. The van der Waals surface area contributed by atoms with Crippen LogP contribution in [0, 0.1) is 10.1 Å². The quantitative estimate of drug-likeness (QED) is 0.192. The molecule has 0 aromatic heterocycles. The van der Waals surface area contributed by atoms with Crippen LogP contribution in [0.2, 0.25) is 0 Å². The molecule has 2 unspecified atom stereocenters. The van der Waals surface area contributed by atoms with Gasteiger partial charge in [0.25, 0.3) is 15.8 Å². The zero-order valence-corrected chi connectivity index (χ0v) is 18.1. The van der Waals surface area contributed by atoms with Crippen LogP contribution in [-0.4, -0.2) is 42.8 Å². The van der Waals surface area contributed by atoms with Gasteiger partial charge >= 0.3 is 0 Å². The van der Waals surface area contributed by atoms with Gasteiger partial charge in [-0.15, -0.1) is 0 Å². The van der Waals surface area contributed by atoms with Crippen molar-refractivity contribution in [3.8, 4) is 5.75 Å². The molecule has 2 atom stereocenters. The van der Waals surface area contributed by atoms with E-state index in [0.29, 0.717) is 6.61 Å². The number of alkyl halides is 1. The number of phenolic OH excluding ortho intramolecular Hbond substituents is 1. The van der Waals surface area contributed by atoms with E-state index in [1.165, 1.54) is 0 Å². The number of nitro benzene ring substituents is 1. The van der Waals surface area contributed by atoms with Crippen LogP contribution in [0.4, 0.5) is 5.69 Å². The molecule has 30 heavy (non-hydrogen) atoms. The fraction of sp³-hybridized carbons (Fsp3) is 0.368. The van der Waals surface area contributed by atoms with Crippen LogP contribution in [0.3, 0.4) is 0 Å². The average Bonchev–Trinajstić information content (AvgIpc) is 2.83. The standard InChI is InChI=1S/C19H20BrNO8S/c20-17-6-8-29-18(15-3-2-14(22)10-16(15)17)11-28-7-5-12-9-13(21(23)24)1-4-19(12)30(25,26)27/h1-4,9-10,17-18,22H,5-8,11H2,(H,25,26,27). The Morgan fingerprint density at radius 3 is 2.70 bits per heavy atom. The molecule has 1 aliphatic heterocycles. The fourth-order valence-corrected chi connectivity index (χ4v) is 4.64. The van der Waals surface area contributed by atoms with Crippen LogP contribution in [0.25, 0.3) is 0 Å². The molecule has 0 saturated heterocycles. The summed E-state index contributed by atoms with van der Waals surface area (Å²) in [7, 11) is -4.52. The summed E-state index contributed by atoms with van der Waals surface area (Å²) in [6.07, 6.45) is 0.389. The topological polar surface area (TPSA) is 136 Å². The third-order valence-corrected chi connectivity index (χ3v) is 6.67. The second-order valence-electron chi connectivity index (χ2n) is 6.78. The molecule has 0 radical (unpaired) electrons. The van der Waals surface area contributed by atoms with Crippen molar-refractivity contribution >= 4 is 31.7 Å². The molecule has 0 saturated carbocycles. The van der Waals surface area contributed by atoms with Crippen molar-refractivity contribution in [1.29, 1.82) is 0 Å². The number of hydrogen-bond acceptors (Lipinski definition) is 7. The molecule has 1 aliphatic rings. The summed E-state index contributed by atoms with van der Waals surface area (Å²) >= 11 is 3.59. The van der Waals surface area contributed by atoms with E-state index in [4.69, 9.17) is 9.47 Å². The highest BCUT2D eigenvalue weighted by Crippen LogP contribution is 2.38. The van der Waals surface area contributed by atoms with Crippen LogP contribution < -0.4 is 0 Å². The first-order valence-electron chi connectivity index (χ1n) is 9.08. The van der Waals surface area contributed by atoms with Crippen molar-refractivity contribution in [3.63, 3.8) is 0 Å². The van der Waals surface area contributed by atoms with Crippen LogP contribution in [0.1, 0.15) is 34.0 Å². The molecule has 2 aromatic rings. The van der Waals surface area contributed by atoms with Gasteiger partial charge in [-0.3, -0.25) is 14.7 Å². The lowest BCUT2D eigenvalue weighted by atomic mass is 9.99. The highest BCUT2D eigenvalue weighted by molar-refractivity contribution is 9.09. The van der Waals surface area contributed by atoms with Gasteiger partial charge in [0, 0.05) is 23.6 Å². The van der Waals surface area contributed by atoms with Gasteiger partial charge in [-0.1, -0.05) is 22.0 Å². The lowest BCUT2D eigenvalue weighted by Gasteiger charge is -2.19. The molecule has 0 aliphatic carbocycles. The summed E-state index contributed by atoms with van der Waals surface area (Å²) in [5.41, 5.74) is 1.61. The zero-order valence-electron chi connectivity index (χ0n) is 15.7. The highest BCUT2D eigenvalue weighted by Gasteiger charge is 2.25. The van der Waals surface area contributed by atoms with Crippen molar-refractivity contribution in [2.24, 2.45) is 0 Å². The molecule has 11 heteroatoms. The maximum Gasteiger partial charge on any atom is 0.294 e. The lowest BCUT2D eigenvalue weighted by molar-refractivity contribution is -0.385. The van der Waals surface area contributed by atoms with Gasteiger partial charge in [0.2, 0.25) is 0 Å². The van der Waals surface area contributed by atoms with Gasteiger partial charge in [0.1, 0.15) is 11.9 Å². The summed E-state index contributed by atoms with van der Waals surface area (Å²) in [6, 6.07) is 8.17. The first kappa shape index (κ1) is 22.6. The number of fused-ring (bicyclic) bond motifs is 1. The Labute approximate surface area is 181 Å². The number of rotatable bonds is 7. The first-order chi connectivity index (χ1) is 14.2. The minimum atomic E-state index is -4.52. The van der Waals surface area contributed by atoms with Gasteiger partial charge in [-0.25, -0.2) is 0 Å². The van der Waals surface area contributed by atoms with Crippen molar-refractivity contribution in [2.75, 3.05) is 19.8 Å². The molecule has 9 nitrogen and oxygen atoms in total. The number of ether oxygens (including phenoxy) is 2.